The lowest BCUT2D eigenvalue weighted by Crippen LogP contribution is -2.48. The highest BCUT2D eigenvalue weighted by Crippen LogP contribution is 2.18. The average molecular weight is 299 g/mol. The topological polar surface area (TPSA) is 52.5 Å². The lowest BCUT2D eigenvalue weighted by atomic mass is 9.93. The van der Waals surface area contributed by atoms with E-state index in [1.54, 1.807) is 0 Å². The lowest BCUT2D eigenvalue weighted by Gasteiger charge is -2.32. The van der Waals surface area contributed by atoms with Gasteiger partial charge in [-0.05, 0) is 39.0 Å². The molecule has 0 unspecified atom stereocenters. The SMILES string of the molecule is CC[C@H](O)CCCCCCCCC[C@H]1CC[C@H](O)[C@@H](C)N1. The minimum atomic E-state index is -0.146. The zero-order chi connectivity index (χ0) is 15.5. The molecule has 0 aromatic rings. The van der Waals surface area contributed by atoms with Gasteiger partial charge in [-0.15, -0.1) is 0 Å². The monoisotopic (exact) mass is 299 g/mol. The van der Waals surface area contributed by atoms with E-state index in [2.05, 4.69) is 12.2 Å². The molecule has 0 spiro atoms. The molecular weight excluding hydrogens is 262 g/mol. The van der Waals surface area contributed by atoms with Gasteiger partial charge in [-0.2, -0.15) is 0 Å². The Labute approximate surface area is 131 Å². The number of aliphatic hydroxyl groups excluding tert-OH is 2. The van der Waals surface area contributed by atoms with Crippen molar-refractivity contribution in [2.75, 3.05) is 0 Å². The van der Waals surface area contributed by atoms with Gasteiger partial charge >= 0.3 is 0 Å². The Morgan fingerprint density at radius 3 is 2.24 bits per heavy atom. The predicted molar refractivity (Wildman–Crippen MR) is 89.5 cm³/mol. The van der Waals surface area contributed by atoms with Crippen LogP contribution in [0.15, 0.2) is 0 Å². The molecule has 1 saturated heterocycles. The van der Waals surface area contributed by atoms with Crippen molar-refractivity contribution in [1.82, 2.24) is 5.32 Å². The van der Waals surface area contributed by atoms with Crippen molar-refractivity contribution < 1.29 is 10.2 Å². The molecule has 3 heteroatoms. The summed E-state index contributed by atoms with van der Waals surface area (Å²) in [6, 6.07) is 0.890. The first kappa shape index (κ1) is 18.9. The predicted octanol–water partition coefficient (Wildman–Crippen LogP) is 3.77. The van der Waals surface area contributed by atoms with Crippen molar-refractivity contribution in [3.63, 3.8) is 0 Å². The smallest absolute Gasteiger partial charge is 0.0691 e. The van der Waals surface area contributed by atoms with Crippen LogP contribution in [-0.2, 0) is 0 Å². The molecule has 4 atom stereocenters. The first-order valence-corrected chi connectivity index (χ1v) is 9.25. The fourth-order valence-corrected chi connectivity index (χ4v) is 3.27. The molecule has 0 aliphatic carbocycles. The molecule has 126 valence electrons. The Balaban J connectivity index is 1.85. The van der Waals surface area contributed by atoms with Crippen LogP contribution in [0.2, 0.25) is 0 Å². The van der Waals surface area contributed by atoms with E-state index in [0.29, 0.717) is 6.04 Å². The summed E-state index contributed by atoms with van der Waals surface area (Å²) < 4.78 is 0. The first-order valence-electron chi connectivity index (χ1n) is 9.25. The maximum absolute atomic E-state index is 9.68. The molecule has 1 heterocycles. The van der Waals surface area contributed by atoms with Gasteiger partial charge in [-0.1, -0.05) is 51.9 Å². The van der Waals surface area contributed by atoms with Crippen molar-refractivity contribution in [1.29, 1.82) is 0 Å². The van der Waals surface area contributed by atoms with Gasteiger partial charge in [0.15, 0.2) is 0 Å². The van der Waals surface area contributed by atoms with Gasteiger partial charge in [-0.25, -0.2) is 0 Å². The Kier molecular flexibility index (Phi) is 10.3. The Bertz CT molecular complexity index is 247. The number of rotatable bonds is 11. The number of unbranched alkanes of at least 4 members (excludes halogenated alkanes) is 6. The summed E-state index contributed by atoms with van der Waals surface area (Å²) in [4.78, 5) is 0. The highest BCUT2D eigenvalue weighted by Gasteiger charge is 2.24. The maximum atomic E-state index is 9.68. The average Bonchev–Trinajstić information content (AvgIpc) is 2.48. The Hall–Kier alpha value is -0.120. The molecule has 21 heavy (non-hydrogen) atoms. The zero-order valence-electron chi connectivity index (χ0n) is 14.2. The first-order chi connectivity index (χ1) is 10.1. The van der Waals surface area contributed by atoms with Crippen LogP contribution in [-0.4, -0.2) is 34.5 Å². The van der Waals surface area contributed by atoms with Crippen LogP contribution >= 0.6 is 0 Å². The van der Waals surface area contributed by atoms with E-state index in [1.807, 2.05) is 6.92 Å². The van der Waals surface area contributed by atoms with Gasteiger partial charge in [0, 0.05) is 12.1 Å². The molecular formula is C18H37NO2. The molecule has 1 aliphatic heterocycles. The third-order valence-corrected chi connectivity index (χ3v) is 4.95. The highest BCUT2D eigenvalue weighted by molar-refractivity contribution is 4.83. The Morgan fingerprint density at radius 2 is 1.62 bits per heavy atom. The van der Waals surface area contributed by atoms with Gasteiger partial charge in [0.25, 0.3) is 0 Å². The van der Waals surface area contributed by atoms with Crippen LogP contribution in [0.3, 0.4) is 0 Å². The third kappa shape index (κ3) is 8.80. The van der Waals surface area contributed by atoms with E-state index < -0.39 is 0 Å². The summed E-state index contributed by atoms with van der Waals surface area (Å²) in [6.45, 7) is 4.14. The molecule has 3 N–H and O–H groups in total. The molecule has 0 amide bonds. The highest BCUT2D eigenvalue weighted by atomic mass is 16.3. The second-order valence-electron chi connectivity index (χ2n) is 6.91. The molecule has 1 aliphatic rings. The van der Waals surface area contributed by atoms with Crippen LogP contribution in [0, 0.1) is 0 Å². The van der Waals surface area contributed by atoms with E-state index in [9.17, 15) is 10.2 Å². The molecule has 0 saturated carbocycles. The van der Waals surface area contributed by atoms with E-state index in [4.69, 9.17) is 0 Å². The maximum Gasteiger partial charge on any atom is 0.0691 e. The van der Waals surface area contributed by atoms with Crippen molar-refractivity contribution >= 4 is 0 Å². The van der Waals surface area contributed by atoms with Gasteiger partial charge in [0.05, 0.1) is 12.2 Å². The summed E-state index contributed by atoms with van der Waals surface area (Å²) in [5, 5.41) is 22.7. The summed E-state index contributed by atoms with van der Waals surface area (Å²) >= 11 is 0. The van der Waals surface area contributed by atoms with Gasteiger partial charge < -0.3 is 15.5 Å². The summed E-state index contributed by atoms with van der Waals surface area (Å²) in [5.74, 6) is 0. The molecule has 0 aromatic heterocycles. The van der Waals surface area contributed by atoms with Crippen LogP contribution in [0.5, 0.6) is 0 Å². The third-order valence-electron chi connectivity index (χ3n) is 4.95. The number of piperidine rings is 1. The van der Waals surface area contributed by atoms with Gasteiger partial charge in [0.1, 0.15) is 0 Å². The minimum Gasteiger partial charge on any atom is -0.393 e. The molecule has 1 rings (SSSR count). The quantitative estimate of drug-likeness (QED) is 0.509. The van der Waals surface area contributed by atoms with E-state index in [0.717, 1.165) is 25.7 Å². The second-order valence-corrected chi connectivity index (χ2v) is 6.91. The van der Waals surface area contributed by atoms with Crippen molar-refractivity contribution in [3.8, 4) is 0 Å². The van der Waals surface area contributed by atoms with Crippen molar-refractivity contribution in [3.05, 3.63) is 0 Å². The van der Waals surface area contributed by atoms with Crippen LogP contribution < -0.4 is 5.32 Å². The van der Waals surface area contributed by atoms with E-state index in [1.165, 1.54) is 51.4 Å². The van der Waals surface area contributed by atoms with E-state index in [-0.39, 0.29) is 18.2 Å². The molecule has 0 aromatic carbocycles. The number of nitrogens with one attached hydrogen (secondary N) is 1. The molecule has 0 bridgehead atoms. The number of aliphatic hydroxyl groups is 2. The fraction of sp³-hybridized carbons (Fsp3) is 1.00. The summed E-state index contributed by atoms with van der Waals surface area (Å²) in [7, 11) is 0. The zero-order valence-corrected chi connectivity index (χ0v) is 14.2. The largest absolute Gasteiger partial charge is 0.393 e. The normalized spacial score (nSPS) is 27.7. The summed E-state index contributed by atoms with van der Waals surface area (Å²) in [6.07, 6.45) is 14.1. The molecule has 1 fully saturated rings. The van der Waals surface area contributed by atoms with E-state index >= 15 is 0 Å². The minimum absolute atomic E-state index is 0.0751. The van der Waals surface area contributed by atoms with Gasteiger partial charge in [0.2, 0.25) is 0 Å². The van der Waals surface area contributed by atoms with Crippen molar-refractivity contribution in [2.45, 2.75) is 115 Å². The van der Waals surface area contributed by atoms with Crippen LogP contribution in [0.25, 0.3) is 0 Å². The lowest BCUT2D eigenvalue weighted by molar-refractivity contribution is 0.0849. The molecule has 0 radical (unpaired) electrons. The number of hydrogen-bond donors (Lipinski definition) is 3. The second kappa shape index (κ2) is 11.4. The molecule has 3 nitrogen and oxygen atoms in total. The van der Waals surface area contributed by atoms with Gasteiger partial charge in [-0.3, -0.25) is 0 Å². The number of hydrogen-bond acceptors (Lipinski definition) is 3. The summed E-state index contributed by atoms with van der Waals surface area (Å²) in [5.41, 5.74) is 0. The fourth-order valence-electron chi connectivity index (χ4n) is 3.27. The van der Waals surface area contributed by atoms with Crippen LogP contribution in [0.1, 0.15) is 90.9 Å². The standard InChI is InChI=1S/C18H37NO2/c1-3-17(20)12-10-8-6-4-5-7-9-11-16-13-14-18(21)15(2)19-16/h15-21H,3-14H2,1-2H3/t15-,16+,17+,18+/m1/s1. The van der Waals surface area contributed by atoms with Crippen LogP contribution in [0.4, 0.5) is 0 Å². The van der Waals surface area contributed by atoms with Crippen molar-refractivity contribution in [2.24, 2.45) is 0 Å². The Morgan fingerprint density at radius 1 is 1.00 bits per heavy atom.